The first kappa shape index (κ1) is 26.6. The minimum Gasteiger partial charge on any atom is -0.449 e. The lowest BCUT2D eigenvalue weighted by atomic mass is 10.00. The Morgan fingerprint density at radius 1 is 1.08 bits per heavy atom. The molecule has 0 aromatic heterocycles. The number of benzene rings is 2. The van der Waals surface area contributed by atoms with Gasteiger partial charge >= 0.3 is 6.09 Å². The minimum atomic E-state index is -4.31. The smallest absolute Gasteiger partial charge is 0.409 e. The first-order chi connectivity index (χ1) is 17.1. The van der Waals surface area contributed by atoms with Crippen molar-refractivity contribution in [2.24, 2.45) is 5.92 Å². The van der Waals surface area contributed by atoms with Gasteiger partial charge in [-0.1, -0.05) is 11.6 Å². The summed E-state index contributed by atoms with van der Waals surface area (Å²) in [7, 11) is -2.28. The monoisotopic (exact) mass is 541 g/mol. The molecule has 7 nitrogen and oxygen atoms in total. The molecule has 0 bridgehead atoms. The molecule has 2 fully saturated rings. The van der Waals surface area contributed by atoms with Gasteiger partial charge < -0.3 is 14.5 Å². The third-order valence-electron chi connectivity index (χ3n) is 6.67. The maximum absolute atomic E-state index is 14.9. The van der Waals surface area contributed by atoms with Crippen LogP contribution in [0.5, 0.6) is 0 Å². The van der Waals surface area contributed by atoms with Crippen LogP contribution in [0.1, 0.15) is 25.7 Å². The number of hydrogen-bond acceptors (Lipinski definition) is 5. The SMILES string of the molecule is CN1CCCC(COC(=O)N2CCCC(N(c3cc(F)ccc3F)S(=O)(=O)c3ccc(Cl)cc3)C2)C1. The lowest BCUT2D eigenvalue weighted by molar-refractivity contribution is 0.0635. The summed E-state index contributed by atoms with van der Waals surface area (Å²) in [5.41, 5.74) is -0.407. The van der Waals surface area contributed by atoms with Gasteiger partial charge in [0.05, 0.1) is 23.2 Å². The highest BCUT2D eigenvalue weighted by Gasteiger charge is 2.38. The van der Waals surface area contributed by atoms with Gasteiger partial charge in [-0.2, -0.15) is 0 Å². The van der Waals surface area contributed by atoms with E-state index in [1.54, 1.807) is 0 Å². The van der Waals surface area contributed by atoms with Gasteiger partial charge in [-0.05, 0) is 75.7 Å². The number of ether oxygens (including phenoxy) is 1. The van der Waals surface area contributed by atoms with Crippen molar-refractivity contribution in [1.82, 2.24) is 9.80 Å². The van der Waals surface area contributed by atoms with Crippen LogP contribution in [0.2, 0.25) is 5.02 Å². The molecule has 0 N–H and O–H groups in total. The van der Waals surface area contributed by atoms with E-state index >= 15 is 0 Å². The molecule has 0 radical (unpaired) electrons. The number of amides is 1. The molecule has 1 amide bonds. The van der Waals surface area contributed by atoms with Gasteiger partial charge in [-0.3, -0.25) is 4.31 Å². The highest BCUT2D eigenvalue weighted by Crippen LogP contribution is 2.33. The average Bonchev–Trinajstić information content (AvgIpc) is 2.85. The lowest BCUT2D eigenvalue weighted by Crippen LogP contribution is -2.52. The van der Waals surface area contributed by atoms with E-state index in [9.17, 15) is 22.0 Å². The van der Waals surface area contributed by atoms with E-state index in [-0.39, 0.29) is 24.0 Å². The Bertz CT molecular complexity index is 1180. The first-order valence-electron chi connectivity index (χ1n) is 12.0. The molecule has 0 aliphatic carbocycles. The van der Waals surface area contributed by atoms with Gasteiger partial charge in [0, 0.05) is 36.6 Å². The molecule has 36 heavy (non-hydrogen) atoms. The molecule has 2 aromatic carbocycles. The van der Waals surface area contributed by atoms with Crippen molar-refractivity contribution >= 4 is 33.4 Å². The number of rotatable bonds is 6. The highest BCUT2D eigenvalue weighted by molar-refractivity contribution is 7.92. The Labute approximate surface area is 215 Å². The van der Waals surface area contributed by atoms with Crippen molar-refractivity contribution in [3.05, 3.63) is 59.1 Å². The summed E-state index contributed by atoms with van der Waals surface area (Å²) in [6.07, 6.45) is 2.33. The van der Waals surface area contributed by atoms with Crippen LogP contribution < -0.4 is 4.31 Å². The van der Waals surface area contributed by atoms with E-state index in [0.717, 1.165) is 48.4 Å². The van der Waals surface area contributed by atoms with Gasteiger partial charge in [0.2, 0.25) is 0 Å². The van der Waals surface area contributed by atoms with Gasteiger partial charge in [0.25, 0.3) is 10.0 Å². The van der Waals surface area contributed by atoms with Crippen LogP contribution >= 0.6 is 11.6 Å². The highest BCUT2D eigenvalue weighted by atomic mass is 35.5. The van der Waals surface area contributed by atoms with Crippen LogP contribution in [0.4, 0.5) is 19.3 Å². The van der Waals surface area contributed by atoms with E-state index in [2.05, 4.69) is 4.90 Å². The number of carbonyl (C=O) groups is 1. The second kappa shape index (κ2) is 11.3. The molecule has 2 heterocycles. The van der Waals surface area contributed by atoms with Crippen molar-refractivity contribution in [2.75, 3.05) is 44.1 Å². The molecule has 11 heteroatoms. The Morgan fingerprint density at radius 3 is 2.53 bits per heavy atom. The molecule has 2 atom stereocenters. The molecule has 0 spiro atoms. The number of likely N-dealkylation sites (tertiary alicyclic amines) is 2. The fourth-order valence-corrected chi connectivity index (χ4v) is 6.70. The van der Waals surface area contributed by atoms with Crippen LogP contribution in [-0.4, -0.2) is 70.2 Å². The minimum absolute atomic E-state index is 0.00776. The summed E-state index contributed by atoms with van der Waals surface area (Å²) in [4.78, 5) is 16.4. The molecule has 2 aromatic rings. The van der Waals surface area contributed by atoms with Crippen molar-refractivity contribution in [1.29, 1.82) is 0 Å². The molecule has 4 rings (SSSR count). The van der Waals surface area contributed by atoms with Gasteiger partial charge in [-0.25, -0.2) is 22.0 Å². The number of sulfonamides is 1. The number of hydrogen-bond donors (Lipinski definition) is 0. The van der Waals surface area contributed by atoms with Crippen LogP contribution in [-0.2, 0) is 14.8 Å². The number of anilines is 1. The van der Waals surface area contributed by atoms with E-state index in [1.807, 2.05) is 7.05 Å². The molecular formula is C25H30ClF2N3O4S. The fraction of sp³-hybridized carbons (Fsp3) is 0.480. The standard InChI is InChI=1S/C25H30ClF2N3O4S/c1-29-12-2-4-18(15-29)17-35-25(32)30-13-3-5-21(16-30)31(24-14-20(27)8-11-23(24)28)36(33,34)22-9-6-19(26)7-10-22/h6-11,14,18,21H,2-5,12-13,15-17H2,1H3. The quantitative estimate of drug-likeness (QED) is 0.527. The number of halogens is 3. The van der Waals surface area contributed by atoms with Gasteiger partial charge in [-0.15, -0.1) is 0 Å². The van der Waals surface area contributed by atoms with Crippen molar-refractivity contribution in [3.8, 4) is 0 Å². The van der Waals surface area contributed by atoms with E-state index in [0.29, 0.717) is 24.4 Å². The normalized spacial score (nSPS) is 21.3. The summed E-state index contributed by atoms with van der Waals surface area (Å²) < 4.78 is 62.9. The Balaban J connectivity index is 1.58. The number of carbonyl (C=O) groups excluding carboxylic acids is 1. The topological polar surface area (TPSA) is 70.2 Å². The lowest BCUT2D eigenvalue weighted by Gasteiger charge is -2.39. The number of nitrogens with zero attached hydrogens (tertiary/aromatic N) is 3. The van der Waals surface area contributed by atoms with Crippen LogP contribution in [0.15, 0.2) is 47.4 Å². The number of piperidine rings is 2. The molecule has 2 unspecified atom stereocenters. The zero-order chi connectivity index (χ0) is 25.9. The van der Waals surface area contributed by atoms with Crippen LogP contribution in [0, 0.1) is 17.6 Å². The zero-order valence-corrected chi connectivity index (χ0v) is 21.6. The zero-order valence-electron chi connectivity index (χ0n) is 20.1. The molecule has 2 aliphatic rings. The fourth-order valence-electron chi connectivity index (χ4n) is 4.90. The molecule has 2 saturated heterocycles. The summed E-state index contributed by atoms with van der Waals surface area (Å²) >= 11 is 5.92. The largest absolute Gasteiger partial charge is 0.449 e. The Morgan fingerprint density at radius 2 is 1.81 bits per heavy atom. The van der Waals surface area contributed by atoms with E-state index < -0.39 is 39.5 Å². The van der Waals surface area contributed by atoms with Crippen molar-refractivity contribution in [3.63, 3.8) is 0 Å². The second-order valence-corrected chi connectivity index (χ2v) is 11.7. The predicted molar refractivity (Wildman–Crippen MR) is 134 cm³/mol. The summed E-state index contributed by atoms with van der Waals surface area (Å²) in [5, 5.41) is 0.341. The third-order valence-corrected chi connectivity index (χ3v) is 8.80. The van der Waals surface area contributed by atoms with Gasteiger partial charge in [0.15, 0.2) is 0 Å². The Kier molecular flexibility index (Phi) is 8.37. The summed E-state index contributed by atoms with van der Waals surface area (Å²) in [5.74, 6) is -1.40. The van der Waals surface area contributed by atoms with E-state index in [1.165, 1.54) is 29.2 Å². The molecular weight excluding hydrogens is 512 g/mol. The maximum Gasteiger partial charge on any atom is 0.409 e. The van der Waals surface area contributed by atoms with Gasteiger partial charge in [0.1, 0.15) is 11.6 Å². The average molecular weight is 542 g/mol. The van der Waals surface area contributed by atoms with Crippen molar-refractivity contribution < 1.29 is 26.7 Å². The van der Waals surface area contributed by atoms with Crippen molar-refractivity contribution in [2.45, 2.75) is 36.6 Å². The van der Waals surface area contributed by atoms with Crippen LogP contribution in [0.3, 0.4) is 0 Å². The second-order valence-electron chi connectivity index (χ2n) is 9.44. The predicted octanol–water partition coefficient (Wildman–Crippen LogP) is 4.76. The summed E-state index contributed by atoms with van der Waals surface area (Å²) in [6.45, 7) is 2.54. The van der Waals surface area contributed by atoms with Crippen LogP contribution in [0.25, 0.3) is 0 Å². The molecule has 196 valence electrons. The first-order valence-corrected chi connectivity index (χ1v) is 13.8. The Hall–Kier alpha value is -2.43. The summed E-state index contributed by atoms with van der Waals surface area (Å²) in [6, 6.07) is 7.34. The molecule has 0 saturated carbocycles. The molecule has 2 aliphatic heterocycles. The third kappa shape index (κ3) is 6.10. The van der Waals surface area contributed by atoms with E-state index in [4.69, 9.17) is 16.3 Å². The maximum atomic E-state index is 14.9.